The molecule has 1 amide bonds. The first-order valence-electron chi connectivity index (χ1n) is 6.49. The molecule has 2 N–H and O–H groups in total. The molecule has 1 saturated heterocycles. The van der Waals surface area contributed by atoms with Crippen molar-refractivity contribution in [2.75, 3.05) is 13.2 Å². The normalized spacial score (nSPS) is 17.2. The Morgan fingerprint density at radius 2 is 2.05 bits per heavy atom. The second-order valence-corrected chi connectivity index (χ2v) is 5.48. The van der Waals surface area contributed by atoms with E-state index < -0.39 is 23.2 Å². The molecule has 21 heavy (non-hydrogen) atoms. The summed E-state index contributed by atoms with van der Waals surface area (Å²) in [4.78, 5) is 23.3. The number of rotatable bonds is 4. The molecule has 7 heteroatoms. The van der Waals surface area contributed by atoms with Crippen molar-refractivity contribution in [2.45, 2.75) is 24.8 Å². The molecule has 114 valence electrons. The van der Waals surface area contributed by atoms with Gasteiger partial charge in [0.1, 0.15) is 5.82 Å². The number of amides is 1. The van der Waals surface area contributed by atoms with Gasteiger partial charge in [-0.3, -0.25) is 9.59 Å². The summed E-state index contributed by atoms with van der Waals surface area (Å²) in [5.74, 6) is -2.39. The van der Waals surface area contributed by atoms with Crippen molar-refractivity contribution < 1.29 is 23.8 Å². The Morgan fingerprint density at radius 3 is 2.67 bits per heavy atom. The lowest BCUT2D eigenvalue weighted by atomic mass is 9.86. The predicted molar refractivity (Wildman–Crippen MR) is 73.9 cm³/mol. The lowest BCUT2D eigenvalue weighted by molar-refractivity contribution is -0.139. The molecule has 0 radical (unpaired) electrons. The Kier molecular flexibility index (Phi) is 4.80. The average molecular weight is 316 g/mol. The van der Waals surface area contributed by atoms with Crippen LogP contribution in [0.1, 0.15) is 29.6 Å². The zero-order chi connectivity index (χ0) is 15.5. The van der Waals surface area contributed by atoms with Crippen LogP contribution in [0.15, 0.2) is 18.2 Å². The molecule has 1 aliphatic rings. The first-order chi connectivity index (χ1) is 9.92. The number of hydrogen-bond donors (Lipinski definition) is 2. The van der Waals surface area contributed by atoms with Crippen molar-refractivity contribution >= 4 is 23.5 Å². The number of benzene rings is 1. The molecule has 1 heterocycles. The van der Waals surface area contributed by atoms with Crippen molar-refractivity contribution in [1.29, 1.82) is 0 Å². The van der Waals surface area contributed by atoms with Gasteiger partial charge in [0.25, 0.3) is 5.91 Å². The van der Waals surface area contributed by atoms with E-state index in [-0.39, 0.29) is 17.0 Å². The van der Waals surface area contributed by atoms with Crippen molar-refractivity contribution in [3.05, 3.63) is 34.6 Å². The van der Waals surface area contributed by atoms with Crippen molar-refractivity contribution in [3.63, 3.8) is 0 Å². The quantitative estimate of drug-likeness (QED) is 0.893. The molecule has 0 unspecified atom stereocenters. The molecule has 0 atom stereocenters. The maximum atomic E-state index is 13.7. The molecule has 0 bridgehead atoms. The number of carboxylic acids is 1. The lowest BCUT2D eigenvalue weighted by Gasteiger charge is -2.36. The van der Waals surface area contributed by atoms with Gasteiger partial charge in [-0.1, -0.05) is 11.6 Å². The zero-order valence-electron chi connectivity index (χ0n) is 11.2. The summed E-state index contributed by atoms with van der Waals surface area (Å²) in [5.41, 5.74) is -1.12. The largest absolute Gasteiger partial charge is 0.481 e. The number of ether oxygens (including phenoxy) is 1. The number of aliphatic carboxylic acids is 1. The molecular weight excluding hydrogens is 301 g/mol. The van der Waals surface area contributed by atoms with Gasteiger partial charge in [-0.2, -0.15) is 0 Å². The average Bonchev–Trinajstić information content (AvgIpc) is 2.41. The van der Waals surface area contributed by atoms with E-state index in [1.54, 1.807) is 0 Å². The van der Waals surface area contributed by atoms with Gasteiger partial charge >= 0.3 is 5.97 Å². The molecular formula is C14H15ClFNO4. The van der Waals surface area contributed by atoms with Gasteiger partial charge in [0.2, 0.25) is 0 Å². The smallest absolute Gasteiger partial charge is 0.305 e. The number of nitrogens with one attached hydrogen (secondary N) is 1. The van der Waals surface area contributed by atoms with Crippen LogP contribution < -0.4 is 5.32 Å². The van der Waals surface area contributed by atoms with Crippen LogP contribution in [0.5, 0.6) is 0 Å². The molecule has 0 saturated carbocycles. The molecule has 1 aliphatic heterocycles. The first-order valence-corrected chi connectivity index (χ1v) is 6.87. The summed E-state index contributed by atoms with van der Waals surface area (Å²) >= 11 is 5.76. The Morgan fingerprint density at radius 1 is 1.38 bits per heavy atom. The molecule has 1 fully saturated rings. The van der Waals surface area contributed by atoms with Gasteiger partial charge in [0, 0.05) is 18.2 Å². The van der Waals surface area contributed by atoms with Crippen LogP contribution in [0, 0.1) is 5.82 Å². The maximum absolute atomic E-state index is 13.7. The van der Waals surface area contributed by atoms with Gasteiger partial charge in [0.05, 0.1) is 17.5 Å². The van der Waals surface area contributed by atoms with Gasteiger partial charge in [-0.25, -0.2) is 4.39 Å². The second-order valence-electron chi connectivity index (χ2n) is 5.04. The molecule has 5 nitrogen and oxygen atoms in total. The van der Waals surface area contributed by atoms with E-state index in [0.717, 1.165) is 6.07 Å². The van der Waals surface area contributed by atoms with Crippen LogP contribution in [-0.2, 0) is 9.53 Å². The number of halogens is 2. The summed E-state index contributed by atoms with van der Waals surface area (Å²) in [7, 11) is 0. The molecule has 0 spiro atoms. The summed E-state index contributed by atoms with van der Waals surface area (Å²) in [6.45, 7) is 0.706. The van der Waals surface area contributed by atoms with Crippen molar-refractivity contribution in [1.82, 2.24) is 5.32 Å². The Hall–Kier alpha value is -1.66. The van der Waals surface area contributed by atoms with Crippen LogP contribution in [0.3, 0.4) is 0 Å². The van der Waals surface area contributed by atoms with E-state index in [9.17, 15) is 14.0 Å². The van der Waals surface area contributed by atoms with E-state index in [4.69, 9.17) is 21.4 Å². The third-order valence-electron chi connectivity index (χ3n) is 3.49. The van der Waals surface area contributed by atoms with E-state index in [1.807, 2.05) is 0 Å². The SMILES string of the molecule is O=C(O)CC1(NC(=O)c2cc(Cl)ccc2F)CCOCC1. The highest BCUT2D eigenvalue weighted by molar-refractivity contribution is 6.31. The zero-order valence-corrected chi connectivity index (χ0v) is 12.0. The third kappa shape index (κ3) is 3.92. The summed E-state index contributed by atoms with van der Waals surface area (Å²) in [6, 6.07) is 3.67. The minimum absolute atomic E-state index is 0.196. The highest BCUT2D eigenvalue weighted by Gasteiger charge is 2.37. The highest BCUT2D eigenvalue weighted by Crippen LogP contribution is 2.26. The monoisotopic (exact) mass is 315 g/mol. The van der Waals surface area contributed by atoms with Gasteiger partial charge in [0.15, 0.2) is 0 Å². The number of carbonyl (C=O) groups excluding carboxylic acids is 1. The molecule has 0 aromatic heterocycles. The van der Waals surface area contributed by atoms with Gasteiger partial charge < -0.3 is 15.2 Å². The first kappa shape index (κ1) is 15.7. The topological polar surface area (TPSA) is 75.6 Å². The van der Waals surface area contributed by atoms with Gasteiger partial charge in [-0.05, 0) is 31.0 Å². The van der Waals surface area contributed by atoms with Crippen LogP contribution in [-0.4, -0.2) is 35.7 Å². The predicted octanol–water partition coefficient (Wildman–Crippen LogP) is 2.23. The van der Waals surface area contributed by atoms with E-state index in [0.29, 0.717) is 26.1 Å². The van der Waals surface area contributed by atoms with E-state index in [1.165, 1.54) is 12.1 Å². The minimum Gasteiger partial charge on any atom is -0.481 e. The molecule has 1 aromatic rings. The Balaban J connectivity index is 2.21. The molecule has 0 aliphatic carbocycles. The van der Waals surface area contributed by atoms with Gasteiger partial charge in [-0.15, -0.1) is 0 Å². The van der Waals surface area contributed by atoms with Crippen LogP contribution in [0.2, 0.25) is 5.02 Å². The molecule has 2 rings (SSSR count). The summed E-state index contributed by atoms with van der Waals surface area (Å²) in [6.07, 6.45) is 0.505. The van der Waals surface area contributed by atoms with E-state index >= 15 is 0 Å². The minimum atomic E-state index is -1.02. The fourth-order valence-electron chi connectivity index (χ4n) is 2.38. The molecule has 1 aromatic carbocycles. The van der Waals surface area contributed by atoms with E-state index in [2.05, 4.69) is 5.32 Å². The standard InChI is InChI=1S/C14H15ClFNO4/c15-9-1-2-11(16)10(7-9)13(20)17-14(8-12(18)19)3-5-21-6-4-14/h1-2,7H,3-6,8H2,(H,17,20)(H,18,19). The van der Waals surface area contributed by atoms with Crippen LogP contribution >= 0.6 is 11.6 Å². The highest BCUT2D eigenvalue weighted by atomic mass is 35.5. The maximum Gasteiger partial charge on any atom is 0.305 e. The summed E-state index contributed by atoms with van der Waals surface area (Å²) in [5, 5.41) is 11.9. The number of hydrogen-bond acceptors (Lipinski definition) is 3. The second kappa shape index (κ2) is 6.41. The Bertz CT molecular complexity index is 558. The van der Waals surface area contributed by atoms with Crippen molar-refractivity contribution in [2.24, 2.45) is 0 Å². The number of carboxylic acid groups (broad SMARTS) is 1. The Labute approximate surface area is 126 Å². The number of carbonyl (C=O) groups is 2. The van der Waals surface area contributed by atoms with Crippen LogP contribution in [0.25, 0.3) is 0 Å². The fourth-order valence-corrected chi connectivity index (χ4v) is 2.55. The van der Waals surface area contributed by atoms with Crippen molar-refractivity contribution in [3.8, 4) is 0 Å². The fraction of sp³-hybridized carbons (Fsp3) is 0.429. The van der Waals surface area contributed by atoms with Crippen LogP contribution in [0.4, 0.5) is 4.39 Å². The third-order valence-corrected chi connectivity index (χ3v) is 3.73. The lowest BCUT2D eigenvalue weighted by Crippen LogP contribution is -2.53. The summed E-state index contributed by atoms with van der Waals surface area (Å²) < 4.78 is 18.9.